The van der Waals surface area contributed by atoms with Crippen molar-refractivity contribution >= 4 is 27.7 Å². The molecule has 212 valence electrons. The molecule has 1 aliphatic rings. The lowest BCUT2D eigenvalue weighted by Gasteiger charge is -2.31. The van der Waals surface area contributed by atoms with Crippen molar-refractivity contribution in [2.75, 3.05) is 26.4 Å². The summed E-state index contributed by atoms with van der Waals surface area (Å²) in [5.41, 5.74) is 1.38. The van der Waals surface area contributed by atoms with Gasteiger partial charge in [0.25, 0.3) is 5.91 Å². The van der Waals surface area contributed by atoms with Crippen LogP contribution < -0.4 is 10.1 Å². The average molecular weight is 610 g/mol. The third kappa shape index (κ3) is 7.71. The first-order valence-corrected chi connectivity index (χ1v) is 14.5. The van der Waals surface area contributed by atoms with Gasteiger partial charge in [0.15, 0.2) is 11.6 Å². The first-order chi connectivity index (χ1) is 19.4. The molecule has 40 heavy (non-hydrogen) atoms. The third-order valence-corrected chi connectivity index (χ3v) is 7.11. The van der Waals surface area contributed by atoms with E-state index in [1.807, 2.05) is 92.7 Å². The first kappa shape index (κ1) is 29.8. The summed E-state index contributed by atoms with van der Waals surface area (Å²) in [6.07, 6.45) is 1.14. The highest BCUT2D eigenvalue weighted by molar-refractivity contribution is 9.10. The second-order valence-corrected chi connectivity index (χ2v) is 10.9. The lowest BCUT2D eigenvalue weighted by molar-refractivity contribution is -0.129. The summed E-state index contributed by atoms with van der Waals surface area (Å²) in [7, 11) is 0. The molecule has 1 amide bonds. The van der Waals surface area contributed by atoms with E-state index >= 15 is 0 Å². The molecule has 1 aliphatic heterocycles. The van der Waals surface area contributed by atoms with E-state index in [0.29, 0.717) is 50.7 Å². The molecule has 0 radical (unpaired) electrons. The van der Waals surface area contributed by atoms with E-state index in [2.05, 4.69) is 21.2 Å². The molecule has 3 aromatic rings. The largest absolute Gasteiger partial charge is 0.494 e. The summed E-state index contributed by atoms with van der Waals surface area (Å²) in [5, 5.41) is 12.1. The molecule has 0 aromatic heterocycles. The number of nitrogens with one attached hydrogen (secondary N) is 1. The van der Waals surface area contributed by atoms with E-state index in [0.717, 1.165) is 21.2 Å². The summed E-state index contributed by atoms with van der Waals surface area (Å²) < 4.78 is 18.8. The molecule has 0 bridgehead atoms. The van der Waals surface area contributed by atoms with Crippen molar-refractivity contribution < 1.29 is 24.1 Å². The molecule has 7 nitrogen and oxygen atoms in total. The number of nitrogens with zero attached hydrogens (tertiary/aromatic N) is 1. The molecule has 8 heteroatoms. The van der Waals surface area contributed by atoms with Gasteiger partial charge < -0.3 is 24.6 Å². The first-order valence-electron chi connectivity index (χ1n) is 13.7. The van der Waals surface area contributed by atoms with Gasteiger partial charge in [-0.3, -0.25) is 4.79 Å². The van der Waals surface area contributed by atoms with Crippen molar-refractivity contribution in [3.8, 4) is 5.75 Å². The van der Waals surface area contributed by atoms with Gasteiger partial charge in [0.05, 0.1) is 12.7 Å². The minimum atomic E-state index is -1.22. The Labute approximate surface area is 244 Å². The van der Waals surface area contributed by atoms with E-state index in [1.165, 1.54) is 0 Å². The molecule has 2 N–H and O–H groups in total. The number of aliphatic imine (C=N–C) groups is 1. The predicted molar refractivity (Wildman–Crippen MR) is 160 cm³/mol. The molecular formula is C32H37BrN2O5. The SMILES string of the molecule is CC(C)OCCCNC(=O)[C@]1(Cc2ccc(Br)cc2)N=C(c2ccc(OCCCO)cc2)O[C@@H]1c1ccccc1. The molecule has 0 saturated heterocycles. The Kier molecular flexibility index (Phi) is 10.7. The molecule has 0 spiro atoms. The Morgan fingerprint density at radius 2 is 1.75 bits per heavy atom. The van der Waals surface area contributed by atoms with E-state index in [4.69, 9.17) is 24.3 Å². The van der Waals surface area contributed by atoms with Gasteiger partial charge >= 0.3 is 0 Å². The second-order valence-electron chi connectivity index (χ2n) is 10.0. The zero-order valence-electron chi connectivity index (χ0n) is 23.0. The van der Waals surface area contributed by atoms with E-state index in [9.17, 15) is 4.79 Å². The van der Waals surface area contributed by atoms with E-state index < -0.39 is 11.6 Å². The number of hydrogen-bond donors (Lipinski definition) is 2. The minimum absolute atomic E-state index is 0.0802. The van der Waals surface area contributed by atoms with Crippen LogP contribution in [0.3, 0.4) is 0 Å². The van der Waals surface area contributed by atoms with Crippen LogP contribution in [0, 0.1) is 0 Å². The zero-order valence-corrected chi connectivity index (χ0v) is 24.6. The van der Waals surface area contributed by atoms with Crippen LogP contribution >= 0.6 is 15.9 Å². The smallest absolute Gasteiger partial charge is 0.252 e. The molecule has 4 rings (SSSR count). The number of rotatable bonds is 14. The molecule has 0 fully saturated rings. The number of ether oxygens (including phenoxy) is 3. The molecule has 2 atom stereocenters. The Hall–Kier alpha value is -3.20. The van der Waals surface area contributed by atoms with Gasteiger partial charge in [-0.2, -0.15) is 0 Å². The number of aliphatic hydroxyl groups is 1. The van der Waals surface area contributed by atoms with E-state index in [1.54, 1.807) is 0 Å². The number of halogens is 1. The van der Waals surface area contributed by atoms with Crippen LogP contribution in [0.5, 0.6) is 5.75 Å². The number of hydrogen-bond acceptors (Lipinski definition) is 6. The van der Waals surface area contributed by atoms with Crippen molar-refractivity contribution in [3.05, 3.63) is 100 Å². The predicted octanol–water partition coefficient (Wildman–Crippen LogP) is 5.64. The summed E-state index contributed by atoms with van der Waals surface area (Å²) in [6, 6.07) is 25.2. The number of amides is 1. The third-order valence-electron chi connectivity index (χ3n) is 6.58. The average Bonchev–Trinajstić information content (AvgIpc) is 3.35. The summed E-state index contributed by atoms with van der Waals surface area (Å²) in [4.78, 5) is 19.2. The van der Waals surface area contributed by atoms with Gasteiger partial charge in [-0.05, 0) is 67.8 Å². The van der Waals surface area contributed by atoms with E-state index in [-0.39, 0.29) is 18.6 Å². The standard InChI is InChI=1S/C32H37BrN2O5/c1-23(2)38-20-6-18-34-31(37)32(22-24-10-14-27(33)15-11-24)29(25-8-4-3-5-9-25)40-30(35-32)26-12-16-28(17-13-26)39-21-7-19-36/h3-5,8-17,23,29,36H,6-7,18-22H2,1-2H3,(H,34,37)/t29-,32-/m1/s1. The van der Waals surface area contributed by atoms with Crippen LogP contribution in [0.2, 0.25) is 0 Å². The summed E-state index contributed by atoms with van der Waals surface area (Å²) in [5.74, 6) is 0.914. The number of carbonyl (C=O) groups is 1. The summed E-state index contributed by atoms with van der Waals surface area (Å²) in [6.45, 7) is 5.54. The normalized spacial score (nSPS) is 18.3. The highest BCUT2D eigenvalue weighted by atomic mass is 79.9. The topological polar surface area (TPSA) is 89.4 Å². The number of aliphatic hydroxyl groups excluding tert-OH is 1. The van der Waals surface area contributed by atoms with Crippen molar-refractivity contribution in [1.82, 2.24) is 5.32 Å². The van der Waals surface area contributed by atoms with Gasteiger partial charge in [-0.25, -0.2) is 4.99 Å². The van der Waals surface area contributed by atoms with Crippen molar-refractivity contribution in [3.63, 3.8) is 0 Å². The molecule has 0 saturated carbocycles. The van der Waals surface area contributed by atoms with Crippen molar-refractivity contribution in [1.29, 1.82) is 0 Å². The van der Waals surface area contributed by atoms with Gasteiger partial charge in [0.1, 0.15) is 5.75 Å². The maximum atomic E-state index is 14.1. The molecule has 0 unspecified atom stereocenters. The van der Waals surface area contributed by atoms with Crippen molar-refractivity contribution in [2.24, 2.45) is 4.99 Å². The van der Waals surface area contributed by atoms with Crippen molar-refractivity contribution in [2.45, 2.75) is 50.9 Å². The highest BCUT2D eigenvalue weighted by Crippen LogP contribution is 2.42. The number of benzene rings is 3. The number of carbonyl (C=O) groups excluding carboxylic acids is 1. The maximum absolute atomic E-state index is 14.1. The summed E-state index contributed by atoms with van der Waals surface area (Å²) >= 11 is 3.51. The Balaban J connectivity index is 1.68. The molecule has 0 aliphatic carbocycles. The minimum Gasteiger partial charge on any atom is -0.494 e. The van der Waals surface area contributed by atoms with Crippen LogP contribution in [0.1, 0.15) is 49.5 Å². The fourth-order valence-corrected chi connectivity index (χ4v) is 4.83. The van der Waals surface area contributed by atoms with Crippen LogP contribution in [-0.2, 0) is 20.7 Å². The second kappa shape index (κ2) is 14.4. The van der Waals surface area contributed by atoms with Gasteiger partial charge in [0, 0.05) is 42.6 Å². The Morgan fingerprint density at radius 3 is 2.42 bits per heavy atom. The van der Waals surface area contributed by atoms with Crippen LogP contribution in [0.15, 0.2) is 88.3 Å². The van der Waals surface area contributed by atoms with Gasteiger partial charge in [-0.15, -0.1) is 0 Å². The quantitative estimate of drug-likeness (QED) is 0.231. The van der Waals surface area contributed by atoms with Gasteiger partial charge in [-0.1, -0.05) is 58.4 Å². The Morgan fingerprint density at radius 1 is 1.02 bits per heavy atom. The van der Waals surface area contributed by atoms with Crippen LogP contribution in [0.25, 0.3) is 0 Å². The fourth-order valence-electron chi connectivity index (χ4n) is 4.57. The Bertz CT molecular complexity index is 1250. The molecule has 1 heterocycles. The lowest BCUT2D eigenvalue weighted by atomic mass is 9.82. The van der Waals surface area contributed by atoms with Crippen LogP contribution in [0.4, 0.5) is 0 Å². The fraction of sp³-hybridized carbons (Fsp3) is 0.375. The zero-order chi connectivity index (χ0) is 28.4. The molecular weight excluding hydrogens is 572 g/mol. The lowest BCUT2D eigenvalue weighted by Crippen LogP contribution is -2.50. The highest BCUT2D eigenvalue weighted by Gasteiger charge is 2.53. The maximum Gasteiger partial charge on any atom is 0.252 e. The molecule has 3 aromatic carbocycles. The van der Waals surface area contributed by atoms with Crippen LogP contribution in [-0.4, -0.2) is 54.9 Å². The monoisotopic (exact) mass is 608 g/mol. The van der Waals surface area contributed by atoms with Gasteiger partial charge in [0.2, 0.25) is 5.90 Å².